The van der Waals surface area contributed by atoms with Crippen LogP contribution in [0.15, 0.2) is 71.6 Å². The first-order valence-corrected chi connectivity index (χ1v) is 16.0. The number of benzene rings is 2. The van der Waals surface area contributed by atoms with Crippen LogP contribution in [-0.2, 0) is 36.1 Å². The number of carbonyl (C=O) groups excluding carboxylic acids is 1. The van der Waals surface area contributed by atoms with Crippen molar-refractivity contribution in [2.75, 3.05) is 11.4 Å². The normalized spacial score (nSPS) is 13.6. The topological polar surface area (TPSA) is 140 Å². The predicted molar refractivity (Wildman–Crippen MR) is 168 cm³/mol. The largest absolute Gasteiger partial charge is 0.480 e. The molecule has 0 saturated heterocycles. The summed E-state index contributed by atoms with van der Waals surface area (Å²) in [7, 11) is -4.52. The van der Waals surface area contributed by atoms with Gasteiger partial charge in [0, 0.05) is 6.42 Å². The molecule has 0 aliphatic heterocycles. The second-order valence-corrected chi connectivity index (χ2v) is 14.8. The zero-order valence-electron chi connectivity index (χ0n) is 26.1. The molecule has 3 rings (SSSR count). The number of hydrogen-bond acceptors (Lipinski definition) is 7. The van der Waals surface area contributed by atoms with E-state index in [0.29, 0.717) is 5.56 Å². The van der Waals surface area contributed by atoms with Crippen LogP contribution in [0.5, 0.6) is 0 Å². The van der Waals surface area contributed by atoms with Gasteiger partial charge in [-0.15, -0.1) is 0 Å². The Morgan fingerprint density at radius 2 is 1.64 bits per heavy atom. The Balaban J connectivity index is 2.16. The van der Waals surface area contributed by atoms with Crippen molar-refractivity contribution < 1.29 is 32.2 Å². The van der Waals surface area contributed by atoms with Crippen LogP contribution in [0.4, 0.5) is 15.0 Å². The van der Waals surface area contributed by atoms with E-state index in [1.165, 1.54) is 30.3 Å². The number of hydrogen-bond donors (Lipinski definition) is 2. The lowest BCUT2D eigenvalue weighted by molar-refractivity contribution is -0.135. The van der Waals surface area contributed by atoms with E-state index in [9.17, 15) is 27.5 Å². The lowest BCUT2D eigenvalue weighted by Crippen LogP contribution is -2.48. The molecule has 11 heteroatoms. The van der Waals surface area contributed by atoms with Crippen LogP contribution in [0.2, 0.25) is 0 Å². The van der Waals surface area contributed by atoms with E-state index in [0.717, 1.165) is 41.9 Å². The second kappa shape index (κ2) is 13.4. The molecule has 3 aromatic rings. The predicted octanol–water partition coefficient (Wildman–Crippen LogP) is 6.34. The maximum Gasteiger partial charge on any atom is 0.416 e. The Morgan fingerprint density at radius 1 is 1.00 bits per heavy atom. The highest BCUT2D eigenvalue weighted by Gasteiger charge is 2.45. The number of unbranched alkanes of at least 4 members (excludes halogenated alkanes) is 1. The number of halogens is 1. The van der Waals surface area contributed by atoms with E-state index in [1.54, 1.807) is 20.8 Å². The fraction of sp³-hybridized carbons (Fsp3) is 0.424. The summed E-state index contributed by atoms with van der Waals surface area (Å²) in [5, 5.41) is 9.51. The number of aliphatic carboxylic acids is 1. The minimum Gasteiger partial charge on any atom is -0.480 e. The molecule has 0 radical (unpaired) electrons. The zero-order valence-corrected chi connectivity index (χ0v) is 26.9. The van der Waals surface area contributed by atoms with Gasteiger partial charge in [0.1, 0.15) is 23.8 Å². The first-order valence-electron chi connectivity index (χ1n) is 14.5. The molecule has 1 atom stereocenters. The van der Waals surface area contributed by atoms with E-state index in [-0.39, 0.29) is 28.2 Å². The molecular weight excluding hydrogens is 585 g/mol. The molecule has 0 saturated carbocycles. The average Bonchev–Trinajstić information content (AvgIpc) is 2.94. The van der Waals surface area contributed by atoms with E-state index in [2.05, 4.69) is 25.8 Å². The molecule has 0 fully saturated rings. The Bertz CT molecular complexity index is 1590. The van der Waals surface area contributed by atoms with E-state index in [1.807, 2.05) is 24.3 Å². The second-order valence-electron chi connectivity index (χ2n) is 12.6. The van der Waals surface area contributed by atoms with Gasteiger partial charge in [0.05, 0.1) is 10.6 Å². The smallest absolute Gasteiger partial charge is 0.416 e. The van der Waals surface area contributed by atoms with Crippen LogP contribution >= 0.6 is 0 Å². The van der Waals surface area contributed by atoms with Gasteiger partial charge in [-0.3, -0.25) is 9.69 Å². The number of anilines is 1. The minimum absolute atomic E-state index is 0.0901. The number of ether oxygens (including phenoxy) is 1. The summed E-state index contributed by atoms with van der Waals surface area (Å²) < 4.78 is 48.0. The van der Waals surface area contributed by atoms with Crippen LogP contribution in [0.1, 0.15) is 77.6 Å². The number of carbonyl (C=O) groups is 2. The van der Waals surface area contributed by atoms with Crippen molar-refractivity contribution >= 4 is 27.7 Å². The summed E-state index contributed by atoms with van der Waals surface area (Å²) in [6, 6.07) is 16.2. The van der Waals surface area contributed by atoms with Gasteiger partial charge < -0.3 is 15.6 Å². The van der Waals surface area contributed by atoms with Gasteiger partial charge in [0.2, 0.25) is 9.84 Å². The van der Waals surface area contributed by atoms with Crippen molar-refractivity contribution in [2.45, 2.75) is 88.0 Å². The molecule has 0 aliphatic rings. The molecule has 1 heterocycles. The lowest BCUT2D eigenvalue weighted by atomic mass is 9.80. The monoisotopic (exact) mass is 627 g/mol. The minimum atomic E-state index is -4.52. The SMILES string of the molecule is CCCCC(C)(C)c1ccc(CC(N)(c2cccc(N(CC(=O)O)C(=O)OC(C)(C)C)n2)S(=O)(=O)c2cccc(F)c2)cc1. The maximum absolute atomic E-state index is 14.2. The highest BCUT2D eigenvalue weighted by Crippen LogP contribution is 2.36. The molecular formula is C33H42FN3O6S. The molecule has 1 unspecified atom stereocenters. The summed E-state index contributed by atoms with van der Waals surface area (Å²) in [6.45, 7) is 10.5. The third-order valence-corrected chi connectivity index (χ3v) is 9.48. The van der Waals surface area contributed by atoms with Gasteiger partial charge >= 0.3 is 12.1 Å². The lowest BCUT2D eigenvalue weighted by Gasteiger charge is -2.31. The summed E-state index contributed by atoms with van der Waals surface area (Å²) in [4.78, 5) is 27.3. The van der Waals surface area contributed by atoms with Crippen molar-refractivity contribution in [3.8, 4) is 0 Å². The van der Waals surface area contributed by atoms with Gasteiger partial charge in [-0.05, 0) is 74.1 Å². The average molecular weight is 628 g/mol. The zero-order chi connectivity index (χ0) is 32.9. The fourth-order valence-corrected chi connectivity index (χ4v) is 6.50. The van der Waals surface area contributed by atoms with Crippen LogP contribution < -0.4 is 10.6 Å². The molecule has 238 valence electrons. The van der Waals surface area contributed by atoms with Crippen LogP contribution in [-0.4, -0.2) is 42.7 Å². The van der Waals surface area contributed by atoms with Crippen molar-refractivity contribution in [3.63, 3.8) is 0 Å². The molecule has 1 amide bonds. The number of carboxylic acids is 1. The molecule has 0 aliphatic carbocycles. The summed E-state index contributed by atoms with van der Waals surface area (Å²) in [5.41, 5.74) is 7.31. The molecule has 44 heavy (non-hydrogen) atoms. The number of carboxylic acid groups (broad SMARTS) is 1. The first-order chi connectivity index (χ1) is 20.4. The van der Waals surface area contributed by atoms with Gasteiger partial charge in [-0.2, -0.15) is 0 Å². The number of amides is 1. The molecule has 2 aromatic carbocycles. The quantitative estimate of drug-likeness (QED) is 0.237. The van der Waals surface area contributed by atoms with Crippen molar-refractivity contribution in [1.82, 2.24) is 4.98 Å². The number of rotatable bonds is 12. The first kappa shape index (κ1) is 34.7. The van der Waals surface area contributed by atoms with Crippen LogP contribution in [0.3, 0.4) is 0 Å². The number of aromatic nitrogens is 1. The van der Waals surface area contributed by atoms with Crippen molar-refractivity contribution in [2.24, 2.45) is 5.73 Å². The number of sulfone groups is 1. The summed E-state index contributed by atoms with van der Waals surface area (Å²) in [6.07, 6.45) is 1.89. The van der Waals surface area contributed by atoms with E-state index in [4.69, 9.17) is 10.5 Å². The number of nitrogens with zero attached hydrogens (tertiary/aromatic N) is 2. The van der Waals surface area contributed by atoms with Crippen LogP contribution in [0, 0.1) is 5.82 Å². The van der Waals surface area contributed by atoms with E-state index >= 15 is 0 Å². The van der Waals surface area contributed by atoms with Gasteiger partial charge in [-0.25, -0.2) is 22.6 Å². The molecule has 3 N–H and O–H groups in total. The van der Waals surface area contributed by atoms with E-state index < -0.39 is 44.7 Å². The summed E-state index contributed by atoms with van der Waals surface area (Å²) >= 11 is 0. The van der Waals surface area contributed by atoms with Crippen LogP contribution in [0.25, 0.3) is 0 Å². The Hall–Kier alpha value is -3.83. The number of pyridine rings is 1. The Morgan fingerprint density at radius 3 is 2.20 bits per heavy atom. The maximum atomic E-state index is 14.2. The highest BCUT2D eigenvalue weighted by molar-refractivity contribution is 7.92. The van der Waals surface area contributed by atoms with Gasteiger partial charge in [0.25, 0.3) is 0 Å². The van der Waals surface area contributed by atoms with Crippen molar-refractivity contribution in [3.05, 3.63) is 89.4 Å². The Kier molecular flexibility index (Phi) is 10.6. The van der Waals surface area contributed by atoms with Gasteiger partial charge in [0.15, 0.2) is 4.87 Å². The van der Waals surface area contributed by atoms with Gasteiger partial charge in [-0.1, -0.05) is 70.0 Å². The molecule has 0 bridgehead atoms. The number of nitrogens with two attached hydrogens (primary N) is 1. The standard InChI is InChI=1S/C33H42FN3O6S/c1-7-8-19-32(5,6)24-17-15-23(16-18-24)21-33(35,44(41,42)26-12-9-11-25(34)20-26)27-13-10-14-28(36-27)37(22-29(38)39)30(40)43-31(2,3)4/h9-18,20H,7-8,19,21-22,35H2,1-6H3,(H,38,39). The fourth-order valence-electron chi connectivity index (χ4n) is 4.81. The summed E-state index contributed by atoms with van der Waals surface area (Å²) in [5.74, 6) is -2.26. The molecule has 1 aromatic heterocycles. The third-order valence-electron chi connectivity index (χ3n) is 7.30. The molecule has 9 nitrogen and oxygen atoms in total. The third kappa shape index (κ3) is 8.21. The molecule has 0 spiro atoms. The van der Waals surface area contributed by atoms with Crippen molar-refractivity contribution in [1.29, 1.82) is 0 Å². The Labute approximate surface area is 259 Å². The highest BCUT2D eigenvalue weighted by atomic mass is 32.2.